The van der Waals surface area contributed by atoms with Crippen LogP contribution in [0.4, 0.5) is 0 Å². The zero-order chi connectivity index (χ0) is 14.5. The molecule has 0 aromatic heterocycles. The molecule has 0 bridgehead atoms. The van der Waals surface area contributed by atoms with E-state index in [1.165, 1.54) is 4.31 Å². The van der Waals surface area contributed by atoms with Crippen molar-refractivity contribution in [3.8, 4) is 0 Å². The Morgan fingerprint density at radius 1 is 1.42 bits per heavy atom. The van der Waals surface area contributed by atoms with E-state index in [-0.39, 0.29) is 11.9 Å². The molecule has 1 rings (SSSR count). The van der Waals surface area contributed by atoms with Crippen LogP contribution in [0.2, 0.25) is 0 Å². The Balaban J connectivity index is 2.53. The number of amidine groups is 1. The molecule has 0 spiro atoms. The highest BCUT2D eigenvalue weighted by atomic mass is 32.2. The van der Waals surface area contributed by atoms with Crippen LogP contribution in [-0.4, -0.2) is 67.4 Å². The van der Waals surface area contributed by atoms with Crippen LogP contribution in [0.1, 0.15) is 20.3 Å². The standard InChI is InChI=1S/C10H23N5O3S/c1-3-4-12-19(17,18)15-7-5-14(6-8-15)9(2)10(11)13-16/h9,12,16H,3-8H2,1-2H3,(H2,11,13). The molecule has 0 amide bonds. The van der Waals surface area contributed by atoms with Gasteiger partial charge in [-0.1, -0.05) is 12.1 Å². The summed E-state index contributed by atoms with van der Waals surface area (Å²) in [6.07, 6.45) is 0.764. The topological polar surface area (TPSA) is 111 Å². The van der Waals surface area contributed by atoms with Crippen molar-refractivity contribution in [3.05, 3.63) is 0 Å². The Morgan fingerprint density at radius 2 is 2.00 bits per heavy atom. The minimum atomic E-state index is -3.37. The van der Waals surface area contributed by atoms with Crippen LogP contribution in [0.15, 0.2) is 5.16 Å². The average Bonchev–Trinajstić information content (AvgIpc) is 2.43. The molecule has 1 atom stereocenters. The van der Waals surface area contributed by atoms with Gasteiger partial charge in [-0.3, -0.25) is 4.90 Å². The summed E-state index contributed by atoms with van der Waals surface area (Å²) in [7, 11) is -3.37. The molecule has 4 N–H and O–H groups in total. The van der Waals surface area contributed by atoms with E-state index < -0.39 is 10.2 Å². The lowest BCUT2D eigenvalue weighted by Gasteiger charge is -2.36. The summed E-state index contributed by atoms with van der Waals surface area (Å²) >= 11 is 0. The predicted octanol–water partition coefficient (Wildman–Crippen LogP) is -1.02. The van der Waals surface area contributed by atoms with Crippen LogP contribution >= 0.6 is 0 Å². The number of nitrogens with zero attached hydrogens (tertiary/aromatic N) is 3. The van der Waals surface area contributed by atoms with Gasteiger partial charge in [0.2, 0.25) is 0 Å². The van der Waals surface area contributed by atoms with E-state index >= 15 is 0 Å². The van der Waals surface area contributed by atoms with Crippen LogP contribution < -0.4 is 10.5 Å². The van der Waals surface area contributed by atoms with Gasteiger partial charge in [0.1, 0.15) is 0 Å². The van der Waals surface area contributed by atoms with Crippen LogP contribution in [0, 0.1) is 0 Å². The van der Waals surface area contributed by atoms with E-state index in [2.05, 4.69) is 9.88 Å². The van der Waals surface area contributed by atoms with Crippen molar-refractivity contribution in [1.29, 1.82) is 0 Å². The SMILES string of the molecule is CCCNS(=O)(=O)N1CCN(C(C)C(N)=NO)CC1. The summed E-state index contributed by atoms with van der Waals surface area (Å²) in [5, 5.41) is 11.6. The molecule has 19 heavy (non-hydrogen) atoms. The maximum atomic E-state index is 11.9. The lowest BCUT2D eigenvalue weighted by atomic mass is 10.2. The van der Waals surface area contributed by atoms with E-state index in [9.17, 15) is 8.42 Å². The lowest BCUT2D eigenvalue weighted by Crippen LogP contribution is -2.56. The first-order valence-corrected chi connectivity index (χ1v) is 7.82. The number of hydrogen-bond donors (Lipinski definition) is 3. The van der Waals surface area contributed by atoms with Crippen molar-refractivity contribution >= 4 is 16.0 Å². The number of oxime groups is 1. The molecule has 9 heteroatoms. The second-order valence-electron chi connectivity index (χ2n) is 4.54. The van der Waals surface area contributed by atoms with E-state index in [1.807, 2.05) is 18.7 Å². The molecule has 0 radical (unpaired) electrons. The third-order valence-electron chi connectivity index (χ3n) is 3.24. The number of hydrogen-bond acceptors (Lipinski definition) is 5. The van der Waals surface area contributed by atoms with Crippen molar-refractivity contribution in [2.45, 2.75) is 26.3 Å². The van der Waals surface area contributed by atoms with E-state index in [1.54, 1.807) is 0 Å². The summed E-state index contributed by atoms with van der Waals surface area (Å²) in [6, 6.07) is -0.196. The Hall–Kier alpha value is -0.900. The van der Waals surface area contributed by atoms with Crippen molar-refractivity contribution in [2.75, 3.05) is 32.7 Å². The normalized spacial score (nSPS) is 21.5. The smallest absolute Gasteiger partial charge is 0.279 e. The zero-order valence-electron chi connectivity index (χ0n) is 11.4. The van der Waals surface area contributed by atoms with Crippen molar-refractivity contribution in [2.24, 2.45) is 10.9 Å². The molecule has 1 aliphatic rings. The molecule has 0 saturated carbocycles. The first-order valence-electron chi connectivity index (χ1n) is 6.38. The van der Waals surface area contributed by atoms with Crippen molar-refractivity contribution in [3.63, 3.8) is 0 Å². The molecule has 0 aliphatic carbocycles. The van der Waals surface area contributed by atoms with Gasteiger partial charge in [-0.05, 0) is 13.3 Å². The van der Waals surface area contributed by atoms with Gasteiger partial charge in [0.05, 0.1) is 6.04 Å². The first-order chi connectivity index (χ1) is 8.92. The Bertz CT molecular complexity index is 403. The van der Waals surface area contributed by atoms with Gasteiger partial charge in [0.25, 0.3) is 10.2 Å². The number of nitrogens with one attached hydrogen (secondary N) is 1. The zero-order valence-corrected chi connectivity index (χ0v) is 12.2. The molecular formula is C10H23N5O3S. The molecule has 112 valence electrons. The third-order valence-corrected chi connectivity index (χ3v) is 4.85. The van der Waals surface area contributed by atoms with Gasteiger partial charge in [-0.2, -0.15) is 12.7 Å². The van der Waals surface area contributed by atoms with Gasteiger partial charge in [0.15, 0.2) is 5.84 Å². The molecule has 0 aromatic carbocycles. The third kappa shape index (κ3) is 4.30. The first kappa shape index (κ1) is 16.2. The fraction of sp³-hybridized carbons (Fsp3) is 0.900. The Labute approximate surface area is 114 Å². The molecule has 1 heterocycles. The summed E-state index contributed by atoms with van der Waals surface area (Å²) in [6.45, 7) is 6.12. The highest BCUT2D eigenvalue weighted by Gasteiger charge is 2.29. The molecule has 1 saturated heterocycles. The number of rotatable bonds is 6. The Kier molecular flexibility index (Phi) is 5.98. The predicted molar refractivity (Wildman–Crippen MR) is 73.2 cm³/mol. The largest absolute Gasteiger partial charge is 0.409 e. The van der Waals surface area contributed by atoms with Crippen LogP contribution in [0.3, 0.4) is 0 Å². The molecular weight excluding hydrogens is 270 g/mol. The number of nitrogens with two attached hydrogens (primary N) is 1. The fourth-order valence-corrected chi connectivity index (χ4v) is 3.21. The number of piperazine rings is 1. The van der Waals surface area contributed by atoms with E-state index in [0.29, 0.717) is 32.7 Å². The van der Waals surface area contributed by atoms with E-state index in [4.69, 9.17) is 10.9 Å². The van der Waals surface area contributed by atoms with Gasteiger partial charge in [0, 0.05) is 32.7 Å². The van der Waals surface area contributed by atoms with Crippen molar-refractivity contribution in [1.82, 2.24) is 13.9 Å². The maximum Gasteiger partial charge on any atom is 0.279 e. The second kappa shape index (κ2) is 7.04. The monoisotopic (exact) mass is 293 g/mol. The molecule has 1 aliphatic heterocycles. The summed E-state index contributed by atoms with van der Waals surface area (Å²) in [5.41, 5.74) is 5.55. The van der Waals surface area contributed by atoms with Gasteiger partial charge < -0.3 is 10.9 Å². The van der Waals surface area contributed by atoms with Crippen LogP contribution in [-0.2, 0) is 10.2 Å². The average molecular weight is 293 g/mol. The highest BCUT2D eigenvalue weighted by Crippen LogP contribution is 2.09. The molecule has 8 nitrogen and oxygen atoms in total. The summed E-state index contributed by atoms with van der Waals surface area (Å²) < 4.78 is 27.8. The summed E-state index contributed by atoms with van der Waals surface area (Å²) in [5.74, 6) is 0.139. The highest BCUT2D eigenvalue weighted by molar-refractivity contribution is 7.87. The fourth-order valence-electron chi connectivity index (χ4n) is 1.92. The maximum absolute atomic E-state index is 11.9. The minimum Gasteiger partial charge on any atom is -0.409 e. The van der Waals surface area contributed by atoms with Crippen molar-refractivity contribution < 1.29 is 13.6 Å². The Morgan fingerprint density at radius 3 is 2.47 bits per heavy atom. The quantitative estimate of drug-likeness (QED) is 0.251. The molecule has 0 aromatic rings. The van der Waals surface area contributed by atoms with Gasteiger partial charge in [-0.15, -0.1) is 0 Å². The van der Waals surface area contributed by atoms with Gasteiger partial charge in [-0.25, -0.2) is 4.72 Å². The van der Waals surface area contributed by atoms with E-state index in [0.717, 1.165) is 6.42 Å². The molecule has 1 unspecified atom stereocenters. The lowest BCUT2D eigenvalue weighted by molar-refractivity contribution is 0.170. The molecule has 1 fully saturated rings. The van der Waals surface area contributed by atoms with Crippen LogP contribution in [0.25, 0.3) is 0 Å². The van der Waals surface area contributed by atoms with Gasteiger partial charge >= 0.3 is 0 Å². The minimum absolute atomic E-state index is 0.139. The van der Waals surface area contributed by atoms with Crippen LogP contribution in [0.5, 0.6) is 0 Å². The second-order valence-corrected chi connectivity index (χ2v) is 6.29. The summed E-state index contributed by atoms with van der Waals surface area (Å²) in [4.78, 5) is 1.99.